The molecule has 2 aromatic rings. The van der Waals surface area contributed by atoms with Gasteiger partial charge in [0.15, 0.2) is 5.60 Å². The Bertz CT molecular complexity index is 1010. The third-order valence-corrected chi connectivity index (χ3v) is 6.55. The van der Waals surface area contributed by atoms with Gasteiger partial charge in [0.2, 0.25) is 5.91 Å². The van der Waals surface area contributed by atoms with E-state index in [-0.39, 0.29) is 37.8 Å². The maximum Gasteiger partial charge on any atom is 0.407 e. The highest BCUT2D eigenvalue weighted by molar-refractivity contribution is 5.82. The summed E-state index contributed by atoms with van der Waals surface area (Å²) >= 11 is 0. The number of carboxylic acid groups (broad SMARTS) is 1. The minimum Gasteiger partial charge on any atom is -0.479 e. The standard InChI is InChI=1S/C25H28N2O6/c1-32-25(23(29)30)12-14-27(16-25)22(28)11-6-13-26-24(31)33-15-21-19-9-4-2-7-17(19)18-8-3-5-10-20(18)21/h2-5,7-10,21H,6,11-16H2,1H3,(H,26,31)(H,29,30). The lowest BCUT2D eigenvalue weighted by atomic mass is 9.98. The van der Waals surface area contributed by atoms with Crippen molar-refractivity contribution in [2.75, 3.05) is 33.4 Å². The molecule has 1 heterocycles. The van der Waals surface area contributed by atoms with Crippen molar-refractivity contribution in [3.8, 4) is 11.1 Å². The number of hydrogen-bond acceptors (Lipinski definition) is 5. The number of alkyl carbamates (subject to hydrolysis) is 1. The molecule has 0 saturated carbocycles. The van der Waals surface area contributed by atoms with E-state index in [1.165, 1.54) is 23.1 Å². The van der Waals surface area contributed by atoms with Gasteiger partial charge in [-0.05, 0) is 28.7 Å². The van der Waals surface area contributed by atoms with Crippen LogP contribution in [0.5, 0.6) is 0 Å². The van der Waals surface area contributed by atoms with Crippen molar-refractivity contribution in [2.45, 2.75) is 30.8 Å². The molecule has 0 bridgehead atoms. The highest BCUT2D eigenvalue weighted by Gasteiger charge is 2.46. The fraction of sp³-hybridized carbons (Fsp3) is 0.400. The SMILES string of the molecule is COC1(C(=O)O)CCN(C(=O)CCCNC(=O)OCC2c3ccccc3-c3ccccc32)C1. The summed E-state index contributed by atoms with van der Waals surface area (Å²) < 4.78 is 10.6. The summed E-state index contributed by atoms with van der Waals surface area (Å²) in [6.07, 6.45) is 0.396. The maximum absolute atomic E-state index is 12.4. The van der Waals surface area contributed by atoms with E-state index in [0.717, 1.165) is 11.1 Å². The molecule has 0 aromatic heterocycles. The Morgan fingerprint density at radius 2 is 1.73 bits per heavy atom. The van der Waals surface area contributed by atoms with E-state index in [0.29, 0.717) is 19.5 Å². The van der Waals surface area contributed by atoms with Crippen LogP contribution in [0.3, 0.4) is 0 Å². The number of carbonyl (C=O) groups excluding carboxylic acids is 2. The number of carbonyl (C=O) groups is 3. The number of aliphatic carboxylic acids is 1. The number of carboxylic acids is 1. The van der Waals surface area contributed by atoms with Crippen molar-refractivity contribution in [3.63, 3.8) is 0 Å². The molecule has 1 unspecified atom stereocenters. The second kappa shape index (κ2) is 9.62. The quantitative estimate of drug-likeness (QED) is 0.597. The molecule has 8 nitrogen and oxygen atoms in total. The fourth-order valence-electron chi connectivity index (χ4n) is 4.66. The average Bonchev–Trinajstić information content (AvgIpc) is 3.41. The third kappa shape index (κ3) is 4.57. The first kappa shape index (κ1) is 22.8. The van der Waals surface area contributed by atoms with Crippen molar-refractivity contribution in [1.82, 2.24) is 10.2 Å². The normalized spacial score (nSPS) is 19.1. The van der Waals surface area contributed by atoms with Crippen molar-refractivity contribution in [1.29, 1.82) is 0 Å². The topological polar surface area (TPSA) is 105 Å². The summed E-state index contributed by atoms with van der Waals surface area (Å²) in [5, 5.41) is 12.0. The number of fused-ring (bicyclic) bond motifs is 3. The molecule has 2 amide bonds. The molecule has 1 fully saturated rings. The molecule has 2 N–H and O–H groups in total. The number of likely N-dealkylation sites (tertiary alicyclic amines) is 1. The van der Waals surface area contributed by atoms with E-state index < -0.39 is 17.7 Å². The lowest BCUT2D eigenvalue weighted by Gasteiger charge is -2.23. The fourth-order valence-corrected chi connectivity index (χ4v) is 4.66. The van der Waals surface area contributed by atoms with Crippen molar-refractivity contribution in [3.05, 3.63) is 59.7 Å². The highest BCUT2D eigenvalue weighted by atomic mass is 16.5. The Hall–Kier alpha value is -3.39. The summed E-state index contributed by atoms with van der Waals surface area (Å²) in [5.41, 5.74) is 3.31. The Morgan fingerprint density at radius 3 is 2.30 bits per heavy atom. The summed E-state index contributed by atoms with van der Waals surface area (Å²) in [4.78, 5) is 37.5. The van der Waals surface area contributed by atoms with Crippen LogP contribution in [0.1, 0.15) is 36.3 Å². The van der Waals surface area contributed by atoms with Crippen LogP contribution >= 0.6 is 0 Å². The number of ether oxygens (including phenoxy) is 2. The van der Waals surface area contributed by atoms with Gasteiger partial charge in [0.25, 0.3) is 0 Å². The van der Waals surface area contributed by atoms with E-state index in [2.05, 4.69) is 29.6 Å². The zero-order valence-corrected chi connectivity index (χ0v) is 18.6. The van der Waals surface area contributed by atoms with Gasteiger partial charge in [-0.1, -0.05) is 48.5 Å². The van der Waals surface area contributed by atoms with Gasteiger partial charge in [-0.15, -0.1) is 0 Å². The number of hydrogen-bond donors (Lipinski definition) is 2. The van der Waals surface area contributed by atoms with E-state index >= 15 is 0 Å². The maximum atomic E-state index is 12.4. The molecule has 174 valence electrons. The van der Waals surface area contributed by atoms with Crippen molar-refractivity contribution in [2.24, 2.45) is 0 Å². The molecule has 1 aliphatic heterocycles. The second-order valence-corrected chi connectivity index (χ2v) is 8.42. The van der Waals surface area contributed by atoms with Crippen LogP contribution in [0.25, 0.3) is 11.1 Å². The van der Waals surface area contributed by atoms with E-state index in [9.17, 15) is 19.5 Å². The number of methoxy groups -OCH3 is 1. The van der Waals surface area contributed by atoms with E-state index in [1.54, 1.807) is 0 Å². The van der Waals surface area contributed by atoms with Crippen LogP contribution in [0, 0.1) is 0 Å². The van der Waals surface area contributed by atoms with E-state index in [4.69, 9.17) is 9.47 Å². The summed E-state index contributed by atoms with van der Waals surface area (Å²) in [7, 11) is 1.35. The summed E-state index contributed by atoms with van der Waals surface area (Å²) in [5.74, 6) is -1.21. The molecule has 8 heteroatoms. The van der Waals surface area contributed by atoms with Crippen molar-refractivity contribution >= 4 is 18.0 Å². The first-order chi connectivity index (χ1) is 15.9. The summed E-state index contributed by atoms with van der Waals surface area (Å²) in [6, 6.07) is 16.3. The average molecular weight is 453 g/mol. The summed E-state index contributed by atoms with van der Waals surface area (Å²) in [6.45, 7) is 0.918. The second-order valence-electron chi connectivity index (χ2n) is 8.42. The molecule has 1 saturated heterocycles. The molecular formula is C25H28N2O6. The minimum absolute atomic E-state index is 0.00446. The Balaban J connectivity index is 1.21. The Labute approximate surface area is 192 Å². The molecule has 2 aromatic carbocycles. The van der Waals surface area contributed by atoms with Crippen LogP contribution in [0.4, 0.5) is 4.79 Å². The minimum atomic E-state index is -1.32. The van der Waals surface area contributed by atoms with Gasteiger partial charge in [-0.3, -0.25) is 4.79 Å². The Morgan fingerprint density at radius 1 is 1.09 bits per heavy atom. The lowest BCUT2D eigenvalue weighted by molar-refractivity contribution is -0.161. The van der Waals surface area contributed by atoms with Crippen LogP contribution in [-0.2, 0) is 19.1 Å². The zero-order valence-electron chi connectivity index (χ0n) is 18.6. The predicted octanol–water partition coefficient (Wildman–Crippen LogP) is 3.01. The van der Waals surface area contributed by atoms with Crippen LogP contribution in [-0.4, -0.2) is 66.9 Å². The van der Waals surface area contributed by atoms with Gasteiger partial charge in [0, 0.05) is 39.0 Å². The van der Waals surface area contributed by atoms with E-state index in [1.807, 2.05) is 24.3 Å². The lowest BCUT2D eigenvalue weighted by Crippen LogP contribution is -2.44. The number of amides is 2. The molecule has 0 radical (unpaired) electrons. The number of benzene rings is 2. The number of nitrogens with zero attached hydrogens (tertiary/aromatic N) is 1. The molecule has 4 rings (SSSR count). The van der Waals surface area contributed by atoms with Crippen molar-refractivity contribution < 1.29 is 29.0 Å². The smallest absolute Gasteiger partial charge is 0.407 e. The molecule has 2 aliphatic rings. The number of nitrogens with one attached hydrogen (secondary N) is 1. The van der Waals surface area contributed by atoms with Gasteiger partial charge in [0.05, 0.1) is 6.54 Å². The van der Waals surface area contributed by atoms with Gasteiger partial charge in [-0.2, -0.15) is 0 Å². The highest BCUT2D eigenvalue weighted by Crippen LogP contribution is 2.44. The Kier molecular flexibility index (Phi) is 6.65. The number of rotatable bonds is 8. The predicted molar refractivity (Wildman–Crippen MR) is 121 cm³/mol. The molecule has 1 aliphatic carbocycles. The van der Waals surface area contributed by atoms with Crippen LogP contribution in [0.2, 0.25) is 0 Å². The first-order valence-electron chi connectivity index (χ1n) is 11.1. The van der Waals surface area contributed by atoms with Crippen LogP contribution in [0.15, 0.2) is 48.5 Å². The monoisotopic (exact) mass is 452 g/mol. The molecule has 33 heavy (non-hydrogen) atoms. The molecular weight excluding hydrogens is 424 g/mol. The van der Waals surface area contributed by atoms with Crippen LogP contribution < -0.4 is 5.32 Å². The molecule has 1 atom stereocenters. The first-order valence-corrected chi connectivity index (χ1v) is 11.1. The van der Waals surface area contributed by atoms with Gasteiger partial charge in [-0.25, -0.2) is 9.59 Å². The molecule has 0 spiro atoms. The largest absolute Gasteiger partial charge is 0.479 e. The third-order valence-electron chi connectivity index (χ3n) is 6.55. The van der Waals surface area contributed by atoms with Gasteiger partial charge >= 0.3 is 12.1 Å². The van der Waals surface area contributed by atoms with Gasteiger partial charge < -0.3 is 24.8 Å². The van der Waals surface area contributed by atoms with Gasteiger partial charge in [0.1, 0.15) is 6.61 Å². The zero-order chi connectivity index (χ0) is 23.4.